The normalized spacial score (nSPS) is 17.2. The second-order valence-electron chi connectivity index (χ2n) is 5.79. The molecule has 4 N–H and O–H groups in total. The molecular formula is C16H24N2O3. The number of amides is 1. The van der Waals surface area contributed by atoms with Crippen LogP contribution in [0.5, 0.6) is 5.75 Å². The van der Waals surface area contributed by atoms with Gasteiger partial charge in [0, 0.05) is 19.1 Å². The number of para-hydroxylation sites is 1. The molecule has 0 aliphatic heterocycles. The second kappa shape index (κ2) is 6.91. The Morgan fingerprint density at radius 3 is 2.81 bits per heavy atom. The molecule has 0 spiro atoms. The molecule has 1 aromatic carbocycles. The van der Waals surface area contributed by atoms with Crippen molar-refractivity contribution in [3.8, 4) is 5.75 Å². The number of hydrogen-bond donors (Lipinski definition) is 3. The molecule has 5 nitrogen and oxygen atoms in total. The van der Waals surface area contributed by atoms with E-state index in [4.69, 9.17) is 15.6 Å². The highest BCUT2D eigenvalue weighted by molar-refractivity contribution is 5.84. The van der Waals surface area contributed by atoms with E-state index in [-0.39, 0.29) is 12.5 Å². The predicted molar refractivity (Wildman–Crippen MR) is 81.1 cm³/mol. The summed E-state index contributed by atoms with van der Waals surface area (Å²) in [4.78, 5) is 11.7. The molecule has 1 amide bonds. The summed E-state index contributed by atoms with van der Waals surface area (Å²) in [6, 6.07) is 8.03. The van der Waals surface area contributed by atoms with Crippen LogP contribution in [0.1, 0.15) is 31.7 Å². The van der Waals surface area contributed by atoms with E-state index in [0.717, 1.165) is 24.2 Å². The smallest absolute Gasteiger partial charge is 0.237 e. The van der Waals surface area contributed by atoms with Crippen LogP contribution in [0.15, 0.2) is 24.3 Å². The molecule has 1 aliphatic rings. The third kappa shape index (κ3) is 4.44. The first-order valence-electron chi connectivity index (χ1n) is 7.44. The Labute approximate surface area is 125 Å². The summed E-state index contributed by atoms with van der Waals surface area (Å²) >= 11 is 0. The molecular weight excluding hydrogens is 268 g/mol. The molecule has 0 bridgehead atoms. The van der Waals surface area contributed by atoms with Crippen LogP contribution in [-0.2, 0) is 11.2 Å². The summed E-state index contributed by atoms with van der Waals surface area (Å²) in [7, 11) is 0. The van der Waals surface area contributed by atoms with Gasteiger partial charge in [0.1, 0.15) is 5.75 Å². The molecule has 0 radical (unpaired) electrons. The number of nitrogens with one attached hydrogen (secondary N) is 1. The Bertz CT molecular complexity index is 488. The average Bonchev–Trinajstić information content (AvgIpc) is 3.24. The van der Waals surface area contributed by atoms with Gasteiger partial charge in [-0.1, -0.05) is 18.2 Å². The largest absolute Gasteiger partial charge is 0.493 e. The minimum absolute atomic E-state index is 0.0859. The van der Waals surface area contributed by atoms with Crippen molar-refractivity contribution in [2.75, 3.05) is 13.2 Å². The lowest BCUT2D eigenvalue weighted by Gasteiger charge is -2.27. The number of aliphatic hydroxyl groups excluding tert-OH is 1. The van der Waals surface area contributed by atoms with E-state index in [0.29, 0.717) is 25.5 Å². The zero-order valence-corrected chi connectivity index (χ0v) is 12.5. The number of hydrogen-bond acceptors (Lipinski definition) is 4. The highest BCUT2D eigenvalue weighted by Crippen LogP contribution is 2.25. The van der Waals surface area contributed by atoms with Crippen molar-refractivity contribution in [1.82, 2.24) is 5.32 Å². The first-order chi connectivity index (χ1) is 10.0. The van der Waals surface area contributed by atoms with Gasteiger partial charge in [-0.05, 0) is 37.8 Å². The Kier molecular flexibility index (Phi) is 5.20. The first kappa shape index (κ1) is 15.8. The molecule has 1 fully saturated rings. The van der Waals surface area contributed by atoms with Crippen LogP contribution in [0.4, 0.5) is 0 Å². The summed E-state index contributed by atoms with van der Waals surface area (Å²) < 4.78 is 5.78. The highest BCUT2D eigenvalue weighted by atomic mass is 16.5. The number of rotatable bonds is 9. The lowest BCUT2D eigenvalue weighted by Crippen LogP contribution is -2.54. The summed E-state index contributed by atoms with van der Waals surface area (Å²) in [5.74, 6) is 0.409. The van der Waals surface area contributed by atoms with Gasteiger partial charge in [0.2, 0.25) is 5.91 Å². The number of carbonyl (C=O) groups excluding carboxylic acids is 1. The third-order valence-electron chi connectivity index (χ3n) is 3.86. The van der Waals surface area contributed by atoms with Gasteiger partial charge in [-0.2, -0.15) is 0 Å². The number of primary amides is 1. The maximum Gasteiger partial charge on any atom is 0.237 e. The molecule has 0 aromatic heterocycles. The van der Waals surface area contributed by atoms with Gasteiger partial charge in [-0.15, -0.1) is 0 Å². The average molecular weight is 292 g/mol. The number of nitrogens with two attached hydrogens (primary N) is 1. The van der Waals surface area contributed by atoms with Crippen LogP contribution in [0.2, 0.25) is 0 Å². The van der Waals surface area contributed by atoms with Gasteiger partial charge in [0.05, 0.1) is 12.1 Å². The topological polar surface area (TPSA) is 84.6 Å². The Balaban J connectivity index is 1.91. The summed E-state index contributed by atoms with van der Waals surface area (Å²) in [6.07, 6.45) is 3.28. The van der Waals surface area contributed by atoms with E-state index in [1.54, 1.807) is 0 Å². The fraction of sp³-hybridized carbons (Fsp3) is 0.562. The summed E-state index contributed by atoms with van der Waals surface area (Å²) in [5, 5.41) is 12.3. The van der Waals surface area contributed by atoms with Crippen molar-refractivity contribution < 1.29 is 14.6 Å². The summed E-state index contributed by atoms with van der Waals surface area (Å²) in [5.41, 5.74) is 5.75. The van der Waals surface area contributed by atoms with Gasteiger partial charge < -0.3 is 20.9 Å². The number of benzene rings is 1. The van der Waals surface area contributed by atoms with Crippen LogP contribution in [0.25, 0.3) is 0 Å². The van der Waals surface area contributed by atoms with Gasteiger partial charge in [0.15, 0.2) is 0 Å². The van der Waals surface area contributed by atoms with E-state index in [9.17, 15) is 4.79 Å². The zero-order valence-electron chi connectivity index (χ0n) is 12.5. The van der Waals surface area contributed by atoms with Crippen LogP contribution in [0.3, 0.4) is 0 Å². The van der Waals surface area contributed by atoms with E-state index >= 15 is 0 Å². The number of aliphatic hydroxyl groups is 1. The zero-order chi connectivity index (χ0) is 15.3. The monoisotopic (exact) mass is 292 g/mol. The van der Waals surface area contributed by atoms with Gasteiger partial charge >= 0.3 is 0 Å². The molecule has 1 aliphatic carbocycles. The van der Waals surface area contributed by atoms with Crippen LogP contribution in [-0.4, -0.2) is 35.8 Å². The van der Waals surface area contributed by atoms with Crippen LogP contribution >= 0.6 is 0 Å². The minimum Gasteiger partial charge on any atom is -0.493 e. The lowest BCUT2D eigenvalue weighted by atomic mass is 9.97. The molecule has 116 valence electrons. The van der Waals surface area contributed by atoms with Gasteiger partial charge in [0.25, 0.3) is 0 Å². The van der Waals surface area contributed by atoms with Crippen molar-refractivity contribution in [2.45, 2.75) is 44.2 Å². The van der Waals surface area contributed by atoms with Gasteiger partial charge in [-0.25, -0.2) is 0 Å². The molecule has 0 heterocycles. The minimum atomic E-state index is -0.729. The highest BCUT2D eigenvalue weighted by Gasteiger charge is 2.36. The molecule has 1 unspecified atom stereocenters. The lowest BCUT2D eigenvalue weighted by molar-refractivity contribution is -0.124. The van der Waals surface area contributed by atoms with E-state index in [1.807, 2.05) is 31.2 Å². The van der Waals surface area contributed by atoms with Crippen molar-refractivity contribution >= 4 is 5.91 Å². The molecule has 1 saturated carbocycles. The standard InChI is InChI=1S/C16H24N2O3/c1-16(15(17)20,18-13-6-7-13)9-11-21-14-5-3-2-4-12(14)8-10-19/h2-5,13,18-19H,6-11H2,1H3,(H2,17,20). The summed E-state index contributed by atoms with van der Waals surface area (Å²) in [6.45, 7) is 2.32. The molecule has 1 atom stereocenters. The fourth-order valence-electron chi connectivity index (χ4n) is 2.28. The van der Waals surface area contributed by atoms with Crippen LogP contribution in [0, 0.1) is 0 Å². The Morgan fingerprint density at radius 1 is 1.48 bits per heavy atom. The molecule has 2 rings (SSSR count). The van der Waals surface area contributed by atoms with Crippen molar-refractivity contribution in [3.63, 3.8) is 0 Å². The maximum atomic E-state index is 11.7. The van der Waals surface area contributed by atoms with E-state index in [1.165, 1.54) is 0 Å². The molecule has 5 heteroatoms. The predicted octanol–water partition coefficient (Wildman–Crippen LogP) is 0.986. The van der Waals surface area contributed by atoms with Gasteiger partial charge in [-0.3, -0.25) is 4.79 Å². The molecule has 1 aromatic rings. The number of carbonyl (C=O) groups is 1. The van der Waals surface area contributed by atoms with Crippen molar-refractivity contribution in [2.24, 2.45) is 5.73 Å². The third-order valence-corrected chi connectivity index (χ3v) is 3.86. The van der Waals surface area contributed by atoms with Crippen molar-refractivity contribution in [3.05, 3.63) is 29.8 Å². The Hall–Kier alpha value is -1.59. The number of ether oxygens (including phenoxy) is 1. The molecule has 0 saturated heterocycles. The quantitative estimate of drug-likeness (QED) is 0.633. The Morgan fingerprint density at radius 2 is 2.19 bits per heavy atom. The molecule has 21 heavy (non-hydrogen) atoms. The van der Waals surface area contributed by atoms with Crippen LogP contribution < -0.4 is 15.8 Å². The second-order valence-corrected chi connectivity index (χ2v) is 5.79. The SMILES string of the molecule is CC(CCOc1ccccc1CCO)(NC1CC1)C(N)=O. The first-order valence-corrected chi connectivity index (χ1v) is 7.44. The maximum absolute atomic E-state index is 11.7. The van der Waals surface area contributed by atoms with Crippen molar-refractivity contribution in [1.29, 1.82) is 0 Å². The fourth-order valence-corrected chi connectivity index (χ4v) is 2.28. The van der Waals surface area contributed by atoms with E-state index in [2.05, 4.69) is 5.32 Å². The van der Waals surface area contributed by atoms with E-state index < -0.39 is 5.54 Å².